The van der Waals surface area contributed by atoms with Crippen LogP contribution in [0.25, 0.3) is 0 Å². The predicted molar refractivity (Wildman–Crippen MR) is 81.3 cm³/mol. The summed E-state index contributed by atoms with van der Waals surface area (Å²) in [5, 5.41) is 10.2. The van der Waals surface area contributed by atoms with Gasteiger partial charge in [-0.25, -0.2) is 4.39 Å². The van der Waals surface area contributed by atoms with Crippen molar-refractivity contribution >= 4 is 5.69 Å². The van der Waals surface area contributed by atoms with E-state index in [4.69, 9.17) is 0 Å². The molecule has 1 aromatic rings. The number of aliphatic hydroxyl groups excluding tert-OH is 1. The van der Waals surface area contributed by atoms with E-state index in [0.29, 0.717) is 24.1 Å². The highest BCUT2D eigenvalue weighted by Gasteiger charge is 2.31. The number of benzene rings is 1. The summed E-state index contributed by atoms with van der Waals surface area (Å²) in [6, 6.07) is 6.84. The molecule has 3 unspecified atom stereocenters. The second-order valence-corrected chi connectivity index (χ2v) is 6.48. The summed E-state index contributed by atoms with van der Waals surface area (Å²) in [6.45, 7) is 5.21. The first-order valence-corrected chi connectivity index (χ1v) is 7.62. The summed E-state index contributed by atoms with van der Waals surface area (Å²) >= 11 is 0. The van der Waals surface area contributed by atoms with Crippen molar-refractivity contribution in [2.75, 3.05) is 18.5 Å². The third-order valence-corrected chi connectivity index (χ3v) is 4.70. The van der Waals surface area contributed by atoms with Gasteiger partial charge in [0.1, 0.15) is 5.82 Å². The average molecular weight is 279 g/mol. The summed E-state index contributed by atoms with van der Waals surface area (Å²) in [5.41, 5.74) is 0.617. The molecule has 1 aromatic carbocycles. The highest BCUT2D eigenvalue weighted by molar-refractivity contribution is 5.46. The van der Waals surface area contributed by atoms with Crippen LogP contribution in [-0.2, 0) is 0 Å². The maximum absolute atomic E-state index is 13.8. The van der Waals surface area contributed by atoms with Crippen molar-refractivity contribution in [1.82, 2.24) is 0 Å². The van der Waals surface area contributed by atoms with Gasteiger partial charge in [-0.3, -0.25) is 0 Å². The van der Waals surface area contributed by atoms with E-state index in [-0.39, 0.29) is 17.8 Å². The maximum atomic E-state index is 13.8. The molecule has 0 aromatic heterocycles. The van der Waals surface area contributed by atoms with Gasteiger partial charge in [0, 0.05) is 19.5 Å². The van der Waals surface area contributed by atoms with Crippen molar-refractivity contribution in [3.63, 3.8) is 0 Å². The molecule has 0 aliphatic heterocycles. The van der Waals surface area contributed by atoms with E-state index in [2.05, 4.69) is 13.8 Å². The zero-order valence-electron chi connectivity index (χ0n) is 12.7. The van der Waals surface area contributed by atoms with Crippen molar-refractivity contribution < 1.29 is 9.50 Å². The number of rotatable bonds is 4. The number of hydrogen-bond acceptors (Lipinski definition) is 2. The Kier molecular flexibility index (Phi) is 5.03. The Morgan fingerprint density at radius 1 is 1.30 bits per heavy atom. The first-order chi connectivity index (χ1) is 9.49. The Balaban J connectivity index is 2.02. The van der Waals surface area contributed by atoms with Crippen LogP contribution in [0.3, 0.4) is 0 Å². The van der Waals surface area contributed by atoms with Gasteiger partial charge in [0.05, 0.1) is 11.8 Å². The minimum Gasteiger partial charge on any atom is -0.393 e. The van der Waals surface area contributed by atoms with E-state index < -0.39 is 0 Å². The molecule has 2 rings (SSSR count). The normalized spacial score (nSPS) is 26.8. The van der Waals surface area contributed by atoms with Gasteiger partial charge >= 0.3 is 0 Å². The summed E-state index contributed by atoms with van der Waals surface area (Å²) in [6.07, 6.45) is 2.77. The first kappa shape index (κ1) is 15.3. The monoisotopic (exact) mass is 279 g/mol. The van der Waals surface area contributed by atoms with E-state index in [1.165, 1.54) is 6.07 Å². The zero-order valence-corrected chi connectivity index (χ0v) is 12.7. The lowest BCUT2D eigenvalue weighted by Crippen LogP contribution is -2.38. The van der Waals surface area contributed by atoms with Gasteiger partial charge in [-0.15, -0.1) is 0 Å². The SMILES string of the molecule is CC(C)C1CCC(O)C(CN(C)c2ccccc2F)C1. The Morgan fingerprint density at radius 3 is 2.65 bits per heavy atom. The van der Waals surface area contributed by atoms with Gasteiger partial charge < -0.3 is 10.0 Å². The molecule has 0 heterocycles. The number of para-hydroxylation sites is 1. The molecule has 0 bridgehead atoms. The molecule has 1 aliphatic carbocycles. The molecule has 0 amide bonds. The van der Waals surface area contributed by atoms with Crippen LogP contribution in [0.5, 0.6) is 0 Å². The molecule has 0 radical (unpaired) electrons. The molecular weight excluding hydrogens is 253 g/mol. The standard InChI is InChI=1S/C17H26FNO/c1-12(2)13-8-9-17(20)14(10-13)11-19(3)16-7-5-4-6-15(16)18/h4-7,12-14,17,20H,8-11H2,1-3H3. The quantitative estimate of drug-likeness (QED) is 0.908. The highest BCUT2D eigenvalue weighted by Crippen LogP contribution is 2.35. The zero-order chi connectivity index (χ0) is 14.7. The van der Waals surface area contributed by atoms with Crippen molar-refractivity contribution in [3.05, 3.63) is 30.1 Å². The topological polar surface area (TPSA) is 23.5 Å². The van der Waals surface area contributed by atoms with Gasteiger partial charge in [0.25, 0.3) is 0 Å². The van der Waals surface area contributed by atoms with Crippen molar-refractivity contribution in [1.29, 1.82) is 0 Å². The predicted octanol–water partition coefficient (Wildman–Crippen LogP) is 3.70. The Labute approximate surface area is 121 Å². The Bertz CT molecular complexity index is 435. The van der Waals surface area contributed by atoms with Crippen molar-refractivity contribution in [3.8, 4) is 0 Å². The second kappa shape index (κ2) is 6.57. The molecule has 3 heteroatoms. The number of hydrogen-bond donors (Lipinski definition) is 1. The minimum absolute atomic E-state index is 0.194. The molecule has 3 atom stereocenters. The fraction of sp³-hybridized carbons (Fsp3) is 0.647. The summed E-state index contributed by atoms with van der Waals surface area (Å²) in [4.78, 5) is 1.94. The third-order valence-electron chi connectivity index (χ3n) is 4.70. The highest BCUT2D eigenvalue weighted by atomic mass is 19.1. The van der Waals surface area contributed by atoms with Crippen LogP contribution in [-0.4, -0.2) is 24.8 Å². The van der Waals surface area contributed by atoms with E-state index in [1.807, 2.05) is 18.0 Å². The molecular formula is C17H26FNO. The van der Waals surface area contributed by atoms with Gasteiger partial charge in [-0.1, -0.05) is 26.0 Å². The summed E-state index contributed by atoms with van der Waals surface area (Å²) < 4.78 is 13.8. The van der Waals surface area contributed by atoms with E-state index in [1.54, 1.807) is 12.1 Å². The average Bonchev–Trinajstić information content (AvgIpc) is 2.41. The van der Waals surface area contributed by atoms with Crippen LogP contribution in [0.4, 0.5) is 10.1 Å². The van der Waals surface area contributed by atoms with Crippen LogP contribution in [0, 0.1) is 23.6 Å². The van der Waals surface area contributed by atoms with Gasteiger partial charge in [0.15, 0.2) is 0 Å². The fourth-order valence-corrected chi connectivity index (χ4v) is 3.30. The molecule has 0 spiro atoms. The van der Waals surface area contributed by atoms with Crippen molar-refractivity contribution in [2.45, 2.75) is 39.2 Å². The van der Waals surface area contributed by atoms with Crippen LogP contribution in [0.1, 0.15) is 33.1 Å². The van der Waals surface area contributed by atoms with E-state index >= 15 is 0 Å². The smallest absolute Gasteiger partial charge is 0.146 e. The van der Waals surface area contributed by atoms with Crippen LogP contribution < -0.4 is 4.90 Å². The minimum atomic E-state index is -0.251. The lowest BCUT2D eigenvalue weighted by Gasteiger charge is -2.37. The lowest BCUT2D eigenvalue weighted by atomic mass is 9.74. The molecule has 20 heavy (non-hydrogen) atoms. The molecule has 2 nitrogen and oxygen atoms in total. The van der Waals surface area contributed by atoms with Gasteiger partial charge in [-0.05, 0) is 43.2 Å². The summed E-state index contributed by atoms with van der Waals surface area (Å²) in [7, 11) is 1.91. The van der Waals surface area contributed by atoms with Gasteiger partial charge in [0.2, 0.25) is 0 Å². The molecule has 0 saturated heterocycles. The Hall–Kier alpha value is -1.09. The Morgan fingerprint density at radius 2 is 2.00 bits per heavy atom. The van der Waals surface area contributed by atoms with Crippen LogP contribution in [0.15, 0.2) is 24.3 Å². The molecule has 112 valence electrons. The molecule has 1 aliphatic rings. The number of anilines is 1. The largest absolute Gasteiger partial charge is 0.393 e. The van der Waals surface area contributed by atoms with Crippen LogP contribution >= 0.6 is 0 Å². The molecule has 1 N–H and O–H groups in total. The van der Waals surface area contributed by atoms with Crippen LogP contribution in [0.2, 0.25) is 0 Å². The number of nitrogens with zero attached hydrogens (tertiary/aromatic N) is 1. The van der Waals surface area contributed by atoms with E-state index in [9.17, 15) is 9.50 Å². The summed E-state index contributed by atoms with van der Waals surface area (Å²) in [5.74, 6) is 1.38. The maximum Gasteiger partial charge on any atom is 0.146 e. The second-order valence-electron chi connectivity index (χ2n) is 6.48. The number of aliphatic hydroxyl groups is 1. The lowest BCUT2D eigenvalue weighted by molar-refractivity contribution is 0.0413. The van der Waals surface area contributed by atoms with Gasteiger partial charge in [-0.2, -0.15) is 0 Å². The van der Waals surface area contributed by atoms with E-state index in [0.717, 1.165) is 19.3 Å². The number of halogens is 1. The third kappa shape index (κ3) is 3.51. The molecule has 1 saturated carbocycles. The van der Waals surface area contributed by atoms with Crippen molar-refractivity contribution in [2.24, 2.45) is 17.8 Å². The molecule has 1 fully saturated rings. The fourth-order valence-electron chi connectivity index (χ4n) is 3.30. The first-order valence-electron chi connectivity index (χ1n) is 7.62.